The number of carbonyl (C=O) groups excluding carboxylic acids is 1. The fraction of sp³-hybridized carbons (Fsp3) is 0.526. The lowest BCUT2D eigenvalue weighted by Crippen LogP contribution is -2.48. The number of aryl methyl sites for hydroxylation is 1. The summed E-state index contributed by atoms with van der Waals surface area (Å²) >= 11 is 2.93. The summed E-state index contributed by atoms with van der Waals surface area (Å²) in [6.07, 6.45) is 0. The minimum absolute atomic E-state index is 0.171. The fourth-order valence-electron chi connectivity index (χ4n) is 3.04. The van der Waals surface area contributed by atoms with E-state index in [1.807, 2.05) is 4.90 Å². The second kappa shape index (κ2) is 10.8. The van der Waals surface area contributed by atoms with Crippen molar-refractivity contribution in [2.45, 2.75) is 17.8 Å². The molecule has 2 aromatic rings. The highest BCUT2D eigenvalue weighted by Crippen LogP contribution is 2.25. The zero-order valence-corrected chi connectivity index (χ0v) is 18.0. The molecule has 0 radical (unpaired) electrons. The molecule has 1 aromatic carbocycles. The third-order valence-electron chi connectivity index (χ3n) is 4.52. The van der Waals surface area contributed by atoms with Crippen LogP contribution in [0.5, 0.6) is 0 Å². The van der Waals surface area contributed by atoms with Gasteiger partial charge in [-0.15, -0.1) is 10.2 Å². The van der Waals surface area contributed by atoms with Crippen LogP contribution in [-0.4, -0.2) is 78.1 Å². The molecule has 1 N–H and O–H groups in total. The van der Waals surface area contributed by atoms with Crippen molar-refractivity contribution in [1.29, 1.82) is 0 Å². The number of methoxy groups -OCH3 is 1. The number of anilines is 1. The van der Waals surface area contributed by atoms with Gasteiger partial charge in [-0.3, -0.25) is 9.69 Å². The first-order valence-electron chi connectivity index (χ1n) is 9.39. The highest BCUT2D eigenvalue weighted by Gasteiger charge is 2.21. The lowest BCUT2D eigenvalue weighted by atomic mass is 10.1. The number of carbonyl (C=O) groups is 1. The van der Waals surface area contributed by atoms with Crippen LogP contribution in [0.2, 0.25) is 0 Å². The summed E-state index contributed by atoms with van der Waals surface area (Å²) in [6, 6.07) is 8.62. The molecule has 1 amide bonds. The number of benzene rings is 1. The fourth-order valence-corrected chi connectivity index (χ4v) is 4.72. The predicted molar refractivity (Wildman–Crippen MR) is 114 cm³/mol. The van der Waals surface area contributed by atoms with Gasteiger partial charge in [0, 0.05) is 46.4 Å². The van der Waals surface area contributed by atoms with Crippen molar-refractivity contribution >= 4 is 34.1 Å². The monoisotopic (exact) mass is 421 g/mol. The van der Waals surface area contributed by atoms with Gasteiger partial charge in [-0.25, -0.2) is 0 Å². The first kappa shape index (κ1) is 21.0. The molecule has 0 saturated carbocycles. The van der Waals surface area contributed by atoms with Crippen molar-refractivity contribution < 1.29 is 9.53 Å². The number of hydrogen-bond donors (Lipinski definition) is 1. The highest BCUT2D eigenvalue weighted by molar-refractivity contribution is 8.01. The average Bonchev–Trinajstić information content (AvgIpc) is 3.15. The standard InChI is InChI=1S/C19H27N5O2S2/c1-15-4-3-5-16(12-15)13-23-7-9-24(10-8-23)17(25)14-27-19-22-21-18(28-19)20-6-11-26-2/h3-5,12H,6-11,13-14H2,1-2H3,(H,20,21). The molecule has 1 saturated heterocycles. The number of aromatic nitrogens is 2. The van der Waals surface area contributed by atoms with Crippen LogP contribution in [0.15, 0.2) is 28.6 Å². The Kier molecular flexibility index (Phi) is 8.08. The predicted octanol–water partition coefficient (Wildman–Crippen LogP) is 2.34. The maximum absolute atomic E-state index is 12.5. The van der Waals surface area contributed by atoms with Crippen molar-refractivity contribution in [3.05, 3.63) is 35.4 Å². The van der Waals surface area contributed by atoms with E-state index in [-0.39, 0.29) is 5.91 Å². The molecule has 28 heavy (non-hydrogen) atoms. The van der Waals surface area contributed by atoms with Crippen molar-refractivity contribution in [1.82, 2.24) is 20.0 Å². The summed E-state index contributed by atoms with van der Waals surface area (Å²) in [5.41, 5.74) is 2.62. The Morgan fingerprint density at radius 3 is 2.86 bits per heavy atom. The minimum atomic E-state index is 0.171. The number of ether oxygens (including phenoxy) is 1. The van der Waals surface area contributed by atoms with Gasteiger partial charge in [-0.05, 0) is 12.5 Å². The Hall–Kier alpha value is -1.68. The molecule has 1 aliphatic rings. The van der Waals surface area contributed by atoms with Crippen LogP contribution in [0.25, 0.3) is 0 Å². The normalized spacial score (nSPS) is 15.0. The van der Waals surface area contributed by atoms with Gasteiger partial charge in [0.25, 0.3) is 0 Å². The van der Waals surface area contributed by atoms with Crippen LogP contribution in [-0.2, 0) is 16.1 Å². The largest absolute Gasteiger partial charge is 0.383 e. The second-order valence-corrected chi connectivity index (χ2v) is 8.93. The molecular formula is C19H27N5O2S2. The summed E-state index contributed by atoms with van der Waals surface area (Å²) in [6.45, 7) is 7.78. The molecule has 9 heteroatoms. The summed E-state index contributed by atoms with van der Waals surface area (Å²) in [7, 11) is 1.66. The van der Waals surface area contributed by atoms with Crippen LogP contribution in [0.3, 0.4) is 0 Å². The third kappa shape index (κ3) is 6.44. The molecule has 2 heterocycles. The van der Waals surface area contributed by atoms with Gasteiger partial charge >= 0.3 is 0 Å². The SMILES string of the molecule is COCCNc1nnc(SCC(=O)N2CCN(Cc3cccc(C)c3)CC2)s1. The van der Waals surface area contributed by atoms with E-state index < -0.39 is 0 Å². The lowest BCUT2D eigenvalue weighted by molar-refractivity contribution is -0.130. The van der Waals surface area contributed by atoms with E-state index in [1.54, 1.807) is 7.11 Å². The summed E-state index contributed by atoms with van der Waals surface area (Å²) in [5, 5.41) is 12.1. The van der Waals surface area contributed by atoms with Gasteiger partial charge in [-0.2, -0.15) is 0 Å². The van der Waals surface area contributed by atoms with Crippen LogP contribution in [0.4, 0.5) is 5.13 Å². The number of nitrogens with one attached hydrogen (secondary N) is 1. The number of nitrogens with zero attached hydrogens (tertiary/aromatic N) is 4. The Labute approximate surface area is 174 Å². The average molecular weight is 422 g/mol. The number of piperazine rings is 1. The van der Waals surface area contributed by atoms with E-state index in [2.05, 4.69) is 51.6 Å². The first-order chi connectivity index (χ1) is 13.6. The summed E-state index contributed by atoms with van der Waals surface area (Å²) in [4.78, 5) is 16.9. The molecule has 7 nitrogen and oxygen atoms in total. The van der Waals surface area contributed by atoms with E-state index in [4.69, 9.17) is 4.74 Å². The number of amides is 1. The topological polar surface area (TPSA) is 70.6 Å². The highest BCUT2D eigenvalue weighted by atomic mass is 32.2. The third-order valence-corrected chi connectivity index (χ3v) is 6.52. The summed E-state index contributed by atoms with van der Waals surface area (Å²) < 4.78 is 5.81. The van der Waals surface area contributed by atoms with Crippen molar-refractivity contribution in [2.75, 3.05) is 57.5 Å². The Morgan fingerprint density at radius 1 is 1.29 bits per heavy atom. The molecule has 1 fully saturated rings. The van der Waals surface area contributed by atoms with Gasteiger partial charge in [0.2, 0.25) is 11.0 Å². The lowest BCUT2D eigenvalue weighted by Gasteiger charge is -2.34. The molecule has 1 aromatic heterocycles. The Bertz CT molecular complexity index is 762. The second-order valence-electron chi connectivity index (χ2n) is 6.73. The van der Waals surface area contributed by atoms with Gasteiger partial charge in [0.15, 0.2) is 4.34 Å². The van der Waals surface area contributed by atoms with Crippen molar-refractivity contribution in [2.24, 2.45) is 0 Å². The number of thioether (sulfide) groups is 1. The van der Waals surface area contributed by atoms with E-state index in [9.17, 15) is 4.79 Å². The van der Waals surface area contributed by atoms with Crippen LogP contribution < -0.4 is 5.32 Å². The minimum Gasteiger partial charge on any atom is -0.383 e. The molecule has 152 valence electrons. The van der Waals surface area contributed by atoms with Gasteiger partial charge in [-0.1, -0.05) is 52.9 Å². The Balaban J connectivity index is 1.38. The zero-order valence-electron chi connectivity index (χ0n) is 16.4. The van der Waals surface area contributed by atoms with E-state index in [0.717, 1.165) is 42.2 Å². The molecule has 0 bridgehead atoms. The smallest absolute Gasteiger partial charge is 0.233 e. The quantitative estimate of drug-likeness (QED) is 0.492. The molecule has 3 rings (SSSR count). The van der Waals surface area contributed by atoms with Crippen LogP contribution in [0.1, 0.15) is 11.1 Å². The first-order valence-corrected chi connectivity index (χ1v) is 11.2. The van der Waals surface area contributed by atoms with Crippen molar-refractivity contribution in [3.8, 4) is 0 Å². The van der Waals surface area contributed by atoms with Gasteiger partial charge < -0.3 is 15.0 Å². The molecule has 0 aliphatic carbocycles. The van der Waals surface area contributed by atoms with E-state index in [0.29, 0.717) is 18.9 Å². The molecule has 0 spiro atoms. The van der Waals surface area contributed by atoms with Crippen LogP contribution in [0, 0.1) is 6.92 Å². The molecule has 1 aliphatic heterocycles. The molecule has 0 atom stereocenters. The van der Waals surface area contributed by atoms with Gasteiger partial charge in [0.1, 0.15) is 0 Å². The molecular weight excluding hydrogens is 394 g/mol. The maximum Gasteiger partial charge on any atom is 0.233 e. The number of rotatable bonds is 9. The van der Waals surface area contributed by atoms with Crippen LogP contribution >= 0.6 is 23.1 Å². The molecule has 0 unspecified atom stereocenters. The van der Waals surface area contributed by atoms with E-state index in [1.165, 1.54) is 34.2 Å². The summed E-state index contributed by atoms with van der Waals surface area (Å²) in [5.74, 6) is 0.578. The zero-order chi connectivity index (χ0) is 19.8. The van der Waals surface area contributed by atoms with Crippen molar-refractivity contribution in [3.63, 3.8) is 0 Å². The number of hydrogen-bond acceptors (Lipinski definition) is 8. The Morgan fingerprint density at radius 2 is 2.11 bits per heavy atom. The maximum atomic E-state index is 12.5. The van der Waals surface area contributed by atoms with Gasteiger partial charge in [0.05, 0.1) is 12.4 Å². The van der Waals surface area contributed by atoms with E-state index >= 15 is 0 Å².